The molecule has 2 aliphatic rings. The third-order valence-electron chi connectivity index (χ3n) is 4.50. The van der Waals surface area contributed by atoms with Gasteiger partial charge in [-0.15, -0.1) is 0 Å². The van der Waals surface area contributed by atoms with Crippen LogP contribution in [0.1, 0.15) is 45.4 Å². The third kappa shape index (κ3) is 3.21. The normalized spacial score (nSPS) is 34.7. The summed E-state index contributed by atoms with van der Waals surface area (Å²) < 4.78 is 0. The van der Waals surface area contributed by atoms with Gasteiger partial charge in [-0.1, -0.05) is 6.92 Å². The molecule has 2 rings (SSSR count). The summed E-state index contributed by atoms with van der Waals surface area (Å²) in [5.74, 6) is 2.07. The zero-order valence-corrected chi connectivity index (χ0v) is 11.0. The van der Waals surface area contributed by atoms with Gasteiger partial charge in [-0.25, -0.2) is 0 Å². The first-order chi connectivity index (χ1) is 8.20. The Morgan fingerprint density at radius 1 is 1.24 bits per heavy atom. The van der Waals surface area contributed by atoms with Crippen LogP contribution in [0.15, 0.2) is 0 Å². The summed E-state index contributed by atoms with van der Waals surface area (Å²) in [6.45, 7) is 5.02. The van der Waals surface area contributed by atoms with Crippen molar-refractivity contribution in [3.05, 3.63) is 0 Å². The van der Waals surface area contributed by atoms with Gasteiger partial charge in [0.1, 0.15) is 0 Å². The zero-order valence-electron chi connectivity index (χ0n) is 11.0. The standard InChI is InChI=1S/C14H26N2O/c1-11-3-2-8-16(10-11)14(17)13-6-4-12(9-15)5-7-13/h11-13H,2-10,15H2,1H3. The van der Waals surface area contributed by atoms with Gasteiger partial charge in [0.05, 0.1) is 0 Å². The zero-order chi connectivity index (χ0) is 12.3. The number of carbonyl (C=O) groups excluding carboxylic acids is 1. The van der Waals surface area contributed by atoms with Crippen LogP contribution in [-0.2, 0) is 4.79 Å². The van der Waals surface area contributed by atoms with Gasteiger partial charge in [-0.3, -0.25) is 4.79 Å². The lowest BCUT2D eigenvalue weighted by atomic mass is 9.81. The molecular formula is C14H26N2O. The van der Waals surface area contributed by atoms with Crippen molar-refractivity contribution in [3.8, 4) is 0 Å². The molecule has 0 aromatic carbocycles. The summed E-state index contributed by atoms with van der Waals surface area (Å²) in [6.07, 6.45) is 6.89. The van der Waals surface area contributed by atoms with E-state index < -0.39 is 0 Å². The maximum absolute atomic E-state index is 12.4. The highest BCUT2D eigenvalue weighted by Gasteiger charge is 2.30. The highest BCUT2D eigenvalue weighted by molar-refractivity contribution is 5.79. The minimum absolute atomic E-state index is 0.295. The predicted molar refractivity (Wildman–Crippen MR) is 69.5 cm³/mol. The molecule has 0 bridgehead atoms. The molecule has 1 unspecified atom stereocenters. The van der Waals surface area contributed by atoms with Crippen LogP contribution < -0.4 is 5.73 Å². The lowest BCUT2D eigenvalue weighted by molar-refractivity contribution is -0.138. The average Bonchev–Trinajstić information content (AvgIpc) is 2.38. The maximum atomic E-state index is 12.4. The molecule has 1 heterocycles. The second-order valence-corrected chi connectivity index (χ2v) is 5.99. The number of hydrogen-bond acceptors (Lipinski definition) is 2. The number of carbonyl (C=O) groups is 1. The number of amides is 1. The number of nitrogens with two attached hydrogens (primary N) is 1. The molecule has 0 spiro atoms. The van der Waals surface area contributed by atoms with Crippen molar-refractivity contribution in [2.24, 2.45) is 23.5 Å². The quantitative estimate of drug-likeness (QED) is 0.800. The summed E-state index contributed by atoms with van der Waals surface area (Å²) in [6, 6.07) is 0. The third-order valence-corrected chi connectivity index (χ3v) is 4.50. The van der Waals surface area contributed by atoms with Crippen LogP contribution >= 0.6 is 0 Å². The summed E-state index contributed by atoms with van der Waals surface area (Å²) in [4.78, 5) is 14.5. The molecule has 1 aliphatic heterocycles. The molecule has 17 heavy (non-hydrogen) atoms. The van der Waals surface area contributed by atoms with Gasteiger partial charge in [0.15, 0.2) is 0 Å². The summed E-state index contributed by atoms with van der Waals surface area (Å²) in [5, 5.41) is 0. The van der Waals surface area contributed by atoms with Crippen molar-refractivity contribution in [2.45, 2.75) is 45.4 Å². The molecule has 0 radical (unpaired) electrons. The fourth-order valence-electron chi connectivity index (χ4n) is 3.29. The minimum Gasteiger partial charge on any atom is -0.342 e. The van der Waals surface area contributed by atoms with Gasteiger partial charge >= 0.3 is 0 Å². The van der Waals surface area contributed by atoms with Gasteiger partial charge in [0, 0.05) is 19.0 Å². The number of likely N-dealkylation sites (tertiary alicyclic amines) is 1. The summed E-state index contributed by atoms with van der Waals surface area (Å²) >= 11 is 0. The lowest BCUT2D eigenvalue weighted by Gasteiger charge is -2.35. The molecule has 2 N–H and O–H groups in total. The molecule has 3 heteroatoms. The summed E-state index contributed by atoms with van der Waals surface area (Å²) in [5.41, 5.74) is 5.69. The van der Waals surface area contributed by atoms with Gasteiger partial charge in [0.2, 0.25) is 5.91 Å². The van der Waals surface area contributed by atoms with E-state index in [1.54, 1.807) is 0 Å². The second kappa shape index (κ2) is 5.85. The molecular weight excluding hydrogens is 212 g/mol. The predicted octanol–water partition coefficient (Wildman–Crippen LogP) is 2.01. The van der Waals surface area contributed by atoms with Crippen LogP contribution in [0, 0.1) is 17.8 Å². The number of nitrogens with zero attached hydrogens (tertiary/aromatic N) is 1. The SMILES string of the molecule is CC1CCCN(C(=O)C2CCC(CN)CC2)C1. The van der Waals surface area contributed by atoms with Crippen molar-refractivity contribution in [2.75, 3.05) is 19.6 Å². The largest absolute Gasteiger partial charge is 0.342 e. The Labute approximate surface area is 105 Å². The Morgan fingerprint density at radius 3 is 2.53 bits per heavy atom. The molecule has 3 nitrogen and oxygen atoms in total. The first-order valence-electron chi connectivity index (χ1n) is 7.19. The monoisotopic (exact) mass is 238 g/mol. The molecule has 0 aromatic rings. The smallest absolute Gasteiger partial charge is 0.225 e. The van der Waals surface area contributed by atoms with E-state index in [9.17, 15) is 4.79 Å². The number of piperidine rings is 1. The van der Waals surface area contributed by atoms with E-state index in [1.165, 1.54) is 12.8 Å². The Hall–Kier alpha value is -0.570. The van der Waals surface area contributed by atoms with Gasteiger partial charge in [-0.2, -0.15) is 0 Å². The van der Waals surface area contributed by atoms with E-state index in [2.05, 4.69) is 11.8 Å². The van der Waals surface area contributed by atoms with Crippen LogP contribution in [0.5, 0.6) is 0 Å². The van der Waals surface area contributed by atoms with E-state index in [0.717, 1.165) is 45.3 Å². The van der Waals surface area contributed by atoms with Crippen LogP contribution in [0.2, 0.25) is 0 Å². The fourth-order valence-corrected chi connectivity index (χ4v) is 3.29. The van der Waals surface area contributed by atoms with Gasteiger partial charge in [-0.05, 0) is 56.9 Å². The number of hydrogen-bond donors (Lipinski definition) is 1. The van der Waals surface area contributed by atoms with Crippen molar-refractivity contribution < 1.29 is 4.79 Å². The molecule has 1 aliphatic carbocycles. The van der Waals surface area contributed by atoms with E-state index >= 15 is 0 Å². The second-order valence-electron chi connectivity index (χ2n) is 5.99. The Bertz CT molecular complexity index is 259. The number of rotatable bonds is 2. The van der Waals surface area contributed by atoms with E-state index in [4.69, 9.17) is 5.73 Å². The van der Waals surface area contributed by atoms with Crippen LogP contribution in [0.4, 0.5) is 0 Å². The maximum Gasteiger partial charge on any atom is 0.225 e. The first kappa shape index (κ1) is 12.9. The van der Waals surface area contributed by atoms with Crippen molar-refractivity contribution >= 4 is 5.91 Å². The van der Waals surface area contributed by atoms with E-state index in [-0.39, 0.29) is 0 Å². The Kier molecular flexibility index (Phi) is 4.43. The van der Waals surface area contributed by atoms with E-state index in [1.807, 2.05) is 0 Å². The van der Waals surface area contributed by atoms with Crippen LogP contribution in [0.25, 0.3) is 0 Å². The first-order valence-corrected chi connectivity index (χ1v) is 7.19. The van der Waals surface area contributed by atoms with Crippen LogP contribution in [-0.4, -0.2) is 30.4 Å². The van der Waals surface area contributed by atoms with E-state index in [0.29, 0.717) is 23.7 Å². The topological polar surface area (TPSA) is 46.3 Å². The fraction of sp³-hybridized carbons (Fsp3) is 0.929. The molecule has 1 amide bonds. The summed E-state index contributed by atoms with van der Waals surface area (Å²) in [7, 11) is 0. The average molecular weight is 238 g/mol. The molecule has 98 valence electrons. The van der Waals surface area contributed by atoms with Crippen LogP contribution in [0.3, 0.4) is 0 Å². The molecule has 1 atom stereocenters. The van der Waals surface area contributed by atoms with Gasteiger partial charge in [0.25, 0.3) is 0 Å². The molecule has 1 saturated heterocycles. The minimum atomic E-state index is 0.295. The molecule has 0 aromatic heterocycles. The van der Waals surface area contributed by atoms with Crippen molar-refractivity contribution in [3.63, 3.8) is 0 Å². The van der Waals surface area contributed by atoms with Gasteiger partial charge < -0.3 is 10.6 Å². The van der Waals surface area contributed by atoms with Crippen molar-refractivity contribution in [1.82, 2.24) is 4.90 Å². The Morgan fingerprint density at radius 2 is 1.94 bits per heavy atom. The van der Waals surface area contributed by atoms with Crippen molar-refractivity contribution in [1.29, 1.82) is 0 Å². The Balaban J connectivity index is 1.83. The highest BCUT2D eigenvalue weighted by atomic mass is 16.2. The molecule has 2 fully saturated rings. The molecule has 1 saturated carbocycles. The highest BCUT2D eigenvalue weighted by Crippen LogP contribution is 2.30. The lowest BCUT2D eigenvalue weighted by Crippen LogP contribution is -2.43.